The van der Waals surface area contributed by atoms with Gasteiger partial charge in [-0.3, -0.25) is 4.79 Å². The summed E-state index contributed by atoms with van der Waals surface area (Å²) in [6.07, 6.45) is 5.84. The fourth-order valence-electron chi connectivity index (χ4n) is 3.48. The number of hydrogen-bond donors (Lipinski definition) is 2. The van der Waals surface area contributed by atoms with E-state index in [4.69, 9.17) is 4.74 Å². The second kappa shape index (κ2) is 6.02. The minimum absolute atomic E-state index is 0.0301. The molecule has 0 aliphatic heterocycles. The van der Waals surface area contributed by atoms with Crippen molar-refractivity contribution < 1.29 is 23.8 Å². The highest BCUT2D eigenvalue weighted by molar-refractivity contribution is 5.86. The number of methoxy groups -OCH3 is 1. The fraction of sp³-hybridized carbons (Fsp3) is 0.412. The van der Waals surface area contributed by atoms with Crippen molar-refractivity contribution in [2.24, 2.45) is 17.8 Å². The van der Waals surface area contributed by atoms with Gasteiger partial charge in [-0.2, -0.15) is 0 Å². The van der Waals surface area contributed by atoms with Crippen LogP contribution in [0.15, 0.2) is 30.4 Å². The molecule has 1 aromatic carbocycles. The number of halogens is 1. The zero-order valence-electron chi connectivity index (χ0n) is 12.7. The van der Waals surface area contributed by atoms with Crippen molar-refractivity contribution >= 4 is 11.9 Å². The number of allylic oxidation sites excluding steroid dienone is 2. The van der Waals surface area contributed by atoms with Crippen molar-refractivity contribution in [3.8, 4) is 5.75 Å². The number of carboxylic acid groups (broad SMARTS) is 1. The van der Waals surface area contributed by atoms with E-state index in [-0.39, 0.29) is 29.1 Å². The molecule has 5 nitrogen and oxygen atoms in total. The molecule has 3 rings (SSSR count). The molecule has 0 aromatic heterocycles. The molecule has 1 saturated carbocycles. The molecule has 1 aromatic rings. The van der Waals surface area contributed by atoms with Crippen molar-refractivity contribution in [3.05, 3.63) is 41.7 Å². The molecule has 2 bridgehead atoms. The molecule has 4 atom stereocenters. The highest BCUT2D eigenvalue weighted by Crippen LogP contribution is 2.43. The molecule has 23 heavy (non-hydrogen) atoms. The number of rotatable bonds is 5. The summed E-state index contributed by atoms with van der Waals surface area (Å²) in [5.41, 5.74) is 0.183. The molecule has 0 saturated heterocycles. The van der Waals surface area contributed by atoms with Gasteiger partial charge in [0.25, 0.3) is 0 Å². The Morgan fingerprint density at radius 1 is 1.35 bits per heavy atom. The molecule has 2 aliphatic rings. The van der Waals surface area contributed by atoms with E-state index < -0.39 is 17.8 Å². The van der Waals surface area contributed by atoms with E-state index in [0.29, 0.717) is 5.92 Å². The van der Waals surface area contributed by atoms with Crippen LogP contribution in [0.3, 0.4) is 0 Å². The zero-order valence-corrected chi connectivity index (χ0v) is 12.7. The average molecular weight is 319 g/mol. The molecule has 2 aliphatic carbocycles. The summed E-state index contributed by atoms with van der Waals surface area (Å²) >= 11 is 0. The monoisotopic (exact) mass is 319 g/mol. The smallest absolute Gasteiger partial charge is 0.330 e. The summed E-state index contributed by atoms with van der Waals surface area (Å²) < 4.78 is 18.6. The first kappa shape index (κ1) is 15.5. The zero-order chi connectivity index (χ0) is 16.6. The lowest BCUT2D eigenvalue weighted by Gasteiger charge is -2.21. The Kier molecular flexibility index (Phi) is 4.07. The average Bonchev–Trinajstić information content (AvgIpc) is 3.15. The van der Waals surface area contributed by atoms with Gasteiger partial charge < -0.3 is 15.2 Å². The molecule has 122 valence electrons. The van der Waals surface area contributed by atoms with Gasteiger partial charge in [0, 0.05) is 5.92 Å². The maximum Gasteiger partial charge on any atom is 0.330 e. The Labute approximate surface area is 133 Å². The van der Waals surface area contributed by atoms with E-state index in [9.17, 15) is 19.1 Å². The first-order chi connectivity index (χ1) is 11.0. The lowest BCUT2D eigenvalue weighted by molar-refractivity contribution is -0.142. The van der Waals surface area contributed by atoms with Gasteiger partial charge in [-0.05, 0) is 42.4 Å². The molecule has 1 fully saturated rings. The van der Waals surface area contributed by atoms with Crippen molar-refractivity contribution in [1.82, 2.24) is 5.32 Å². The van der Waals surface area contributed by atoms with E-state index in [1.165, 1.54) is 19.2 Å². The van der Waals surface area contributed by atoms with Crippen molar-refractivity contribution in [1.29, 1.82) is 0 Å². The largest absolute Gasteiger partial charge is 0.494 e. The predicted octanol–water partition coefficient (Wildman–Crippen LogP) is 2.29. The number of nitrogens with one attached hydrogen (secondary N) is 1. The van der Waals surface area contributed by atoms with Crippen LogP contribution in [0.4, 0.5) is 4.39 Å². The third-order valence-electron chi connectivity index (χ3n) is 4.66. The van der Waals surface area contributed by atoms with E-state index in [1.54, 1.807) is 0 Å². The summed E-state index contributed by atoms with van der Waals surface area (Å²) in [6.45, 7) is 0. The summed E-state index contributed by atoms with van der Waals surface area (Å²) in [5.74, 6) is -1.74. The van der Waals surface area contributed by atoms with Gasteiger partial charge >= 0.3 is 5.97 Å². The SMILES string of the molecule is COc1ccc(C(NC(=O)C2CC3C=CC2C3)C(=O)O)cc1F. The maximum atomic E-state index is 13.8. The Bertz CT molecular complexity index is 673. The molecular formula is C17H18FNO4. The van der Waals surface area contributed by atoms with Crippen LogP contribution >= 0.6 is 0 Å². The van der Waals surface area contributed by atoms with Gasteiger partial charge in [0.1, 0.15) is 0 Å². The summed E-state index contributed by atoms with van der Waals surface area (Å²) in [4.78, 5) is 23.9. The fourth-order valence-corrected chi connectivity index (χ4v) is 3.48. The van der Waals surface area contributed by atoms with Gasteiger partial charge in [0.05, 0.1) is 7.11 Å². The number of carbonyl (C=O) groups is 2. The van der Waals surface area contributed by atoms with Crippen molar-refractivity contribution in [3.63, 3.8) is 0 Å². The molecule has 0 radical (unpaired) electrons. The van der Waals surface area contributed by atoms with Gasteiger partial charge in [0.2, 0.25) is 5.91 Å². The van der Waals surface area contributed by atoms with E-state index in [2.05, 4.69) is 11.4 Å². The summed E-state index contributed by atoms with van der Waals surface area (Å²) in [5, 5.41) is 11.9. The van der Waals surface area contributed by atoms with Crippen molar-refractivity contribution in [2.45, 2.75) is 18.9 Å². The predicted molar refractivity (Wildman–Crippen MR) is 80.3 cm³/mol. The number of amides is 1. The Morgan fingerprint density at radius 3 is 2.65 bits per heavy atom. The van der Waals surface area contributed by atoms with Crippen LogP contribution in [0.2, 0.25) is 0 Å². The standard InChI is InChI=1S/C17H18FNO4/c1-23-14-5-4-11(8-13(14)18)15(17(21)22)19-16(20)12-7-9-2-3-10(12)6-9/h2-5,8-10,12,15H,6-7H2,1H3,(H,19,20)(H,21,22). The van der Waals surface area contributed by atoms with Crippen molar-refractivity contribution in [2.75, 3.05) is 7.11 Å². The molecule has 6 heteroatoms. The van der Waals surface area contributed by atoms with E-state index in [1.807, 2.05) is 6.08 Å². The molecule has 4 unspecified atom stereocenters. The van der Waals surface area contributed by atoms with Gasteiger partial charge in [-0.1, -0.05) is 18.2 Å². The van der Waals surface area contributed by atoms with E-state index >= 15 is 0 Å². The van der Waals surface area contributed by atoms with Crippen LogP contribution in [-0.2, 0) is 9.59 Å². The molecule has 0 spiro atoms. The number of carbonyl (C=O) groups excluding carboxylic acids is 1. The number of ether oxygens (including phenoxy) is 1. The third kappa shape index (κ3) is 2.93. The van der Waals surface area contributed by atoms with Crippen LogP contribution in [-0.4, -0.2) is 24.1 Å². The van der Waals surface area contributed by atoms with Crippen LogP contribution in [0.25, 0.3) is 0 Å². The second-order valence-electron chi connectivity index (χ2n) is 6.06. The minimum atomic E-state index is -1.27. The molecule has 1 amide bonds. The first-order valence-corrected chi connectivity index (χ1v) is 7.54. The Hall–Kier alpha value is -2.37. The minimum Gasteiger partial charge on any atom is -0.494 e. The van der Waals surface area contributed by atoms with Gasteiger partial charge in [0.15, 0.2) is 17.6 Å². The number of carboxylic acids is 1. The quantitative estimate of drug-likeness (QED) is 0.817. The van der Waals surface area contributed by atoms with Gasteiger partial charge in [-0.25, -0.2) is 9.18 Å². The number of hydrogen-bond acceptors (Lipinski definition) is 3. The second-order valence-corrected chi connectivity index (χ2v) is 6.06. The van der Waals surface area contributed by atoms with Crippen LogP contribution in [0.1, 0.15) is 24.4 Å². The molecule has 2 N–H and O–H groups in total. The van der Waals surface area contributed by atoms with Crippen LogP contribution in [0.5, 0.6) is 5.75 Å². The molecular weight excluding hydrogens is 301 g/mol. The number of fused-ring (bicyclic) bond motifs is 2. The first-order valence-electron chi connectivity index (χ1n) is 7.54. The lowest BCUT2D eigenvalue weighted by Crippen LogP contribution is -2.39. The van der Waals surface area contributed by atoms with E-state index in [0.717, 1.165) is 18.9 Å². The van der Waals surface area contributed by atoms with Crippen LogP contribution < -0.4 is 10.1 Å². The molecule has 0 heterocycles. The Balaban J connectivity index is 1.77. The van der Waals surface area contributed by atoms with Gasteiger partial charge in [-0.15, -0.1) is 0 Å². The summed E-state index contributed by atoms with van der Waals surface area (Å²) in [6, 6.07) is 2.61. The lowest BCUT2D eigenvalue weighted by atomic mass is 9.92. The Morgan fingerprint density at radius 2 is 2.13 bits per heavy atom. The van der Waals surface area contributed by atoms with Crippen LogP contribution in [0, 0.1) is 23.6 Å². The number of aliphatic carboxylic acids is 1. The highest BCUT2D eigenvalue weighted by Gasteiger charge is 2.40. The normalized spacial score (nSPS) is 26.1. The number of benzene rings is 1. The highest BCUT2D eigenvalue weighted by atomic mass is 19.1. The maximum absolute atomic E-state index is 13.8. The topological polar surface area (TPSA) is 75.6 Å². The summed E-state index contributed by atoms with van der Waals surface area (Å²) in [7, 11) is 1.33. The third-order valence-corrected chi connectivity index (χ3v) is 4.66.